The van der Waals surface area contributed by atoms with Crippen LogP contribution in [0.1, 0.15) is 69.4 Å². The van der Waals surface area contributed by atoms with Crippen LogP contribution in [-0.2, 0) is 10.8 Å². The van der Waals surface area contributed by atoms with Crippen LogP contribution in [0.15, 0.2) is 48.4 Å². The minimum Gasteiger partial charge on any atom is -0.424 e. The van der Waals surface area contributed by atoms with Gasteiger partial charge in [-0.2, -0.15) is 0 Å². The minimum atomic E-state index is -1.42. The molecule has 27 heavy (non-hydrogen) atoms. The molecule has 0 aliphatic rings. The van der Waals surface area contributed by atoms with Gasteiger partial charge >= 0.3 is 7.12 Å². The molecule has 2 aromatic carbocycles. The second-order valence-corrected chi connectivity index (χ2v) is 9.12. The highest BCUT2D eigenvalue weighted by Crippen LogP contribution is 2.31. The van der Waals surface area contributed by atoms with Gasteiger partial charge in [0.05, 0.1) is 0 Å². The number of hydrogen-bond donors (Lipinski definition) is 2. The van der Waals surface area contributed by atoms with Crippen LogP contribution in [0, 0.1) is 0 Å². The Morgan fingerprint density at radius 2 is 1.04 bits per heavy atom. The first-order chi connectivity index (χ1) is 12.4. The molecule has 0 saturated heterocycles. The van der Waals surface area contributed by atoms with Gasteiger partial charge in [0, 0.05) is 0 Å². The van der Waals surface area contributed by atoms with Crippen LogP contribution in [0.25, 0.3) is 18.2 Å². The zero-order chi connectivity index (χ0) is 20.2. The van der Waals surface area contributed by atoms with Gasteiger partial charge in [0.15, 0.2) is 0 Å². The second kappa shape index (κ2) is 8.29. The topological polar surface area (TPSA) is 40.5 Å². The minimum absolute atomic E-state index is 0.106. The molecule has 142 valence electrons. The summed E-state index contributed by atoms with van der Waals surface area (Å²) in [5.74, 6) is 1.34. The standard InChI is InChI=1S/C24H31BO2/c1-23(2,3)21-15-20(16-22(17-21)24(4,5)6)12-11-18-7-9-19(10-8-18)13-14-25(26)27/h7-17,26-27H,1-6H3/b12-11+,14-13+. The molecule has 0 heterocycles. The lowest BCUT2D eigenvalue weighted by atomic mass is 9.79. The Hall–Kier alpha value is -2.10. The van der Waals surface area contributed by atoms with E-state index in [1.54, 1.807) is 6.08 Å². The molecule has 0 aliphatic carbocycles. The number of benzene rings is 2. The highest BCUT2D eigenvalue weighted by atomic mass is 16.4. The van der Waals surface area contributed by atoms with E-state index < -0.39 is 7.12 Å². The smallest absolute Gasteiger partial charge is 0.424 e. The van der Waals surface area contributed by atoms with E-state index in [4.69, 9.17) is 10.0 Å². The molecule has 2 nitrogen and oxygen atoms in total. The molecule has 0 saturated carbocycles. The zero-order valence-corrected chi connectivity index (χ0v) is 17.3. The van der Waals surface area contributed by atoms with Crippen molar-refractivity contribution in [2.45, 2.75) is 52.4 Å². The first kappa shape index (κ1) is 21.2. The molecule has 2 rings (SSSR count). The summed E-state index contributed by atoms with van der Waals surface area (Å²) in [7, 11) is -1.42. The van der Waals surface area contributed by atoms with E-state index in [2.05, 4.69) is 71.9 Å². The maximum absolute atomic E-state index is 8.90. The van der Waals surface area contributed by atoms with Crippen molar-refractivity contribution in [3.8, 4) is 0 Å². The molecule has 0 spiro atoms. The van der Waals surface area contributed by atoms with Crippen LogP contribution < -0.4 is 0 Å². The second-order valence-electron chi connectivity index (χ2n) is 9.12. The summed E-state index contributed by atoms with van der Waals surface area (Å²) >= 11 is 0. The average molecular weight is 362 g/mol. The summed E-state index contributed by atoms with van der Waals surface area (Å²) < 4.78 is 0. The summed E-state index contributed by atoms with van der Waals surface area (Å²) in [5.41, 5.74) is 6.15. The normalized spacial score (nSPS) is 12.9. The third-order valence-corrected chi connectivity index (χ3v) is 4.55. The average Bonchev–Trinajstić information content (AvgIpc) is 2.57. The summed E-state index contributed by atoms with van der Waals surface area (Å²) in [5, 5.41) is 17.8. The van der Waals surface area contributed by atoms with Gasteiger partial charge in [0.1, 0.15) is 0 Å². The van der Waals surface area contributed by atoms with Crippen molar-refractivity contribution in [2.24, 2.45) is 0 Å². The Morgan fingerprint density at radius 3 is 1.44 bits per heavy atom. The van der Waals surface area contributed by atoms with Crippen molar-refractivity contribution in [3.05, 3.63) is 76.3 Å². The molecular weight excluding hydrogens is 331 g/mol. The third kappa shape index (κ3) is 6.53. The lowest BCUT2D eigenvalue weighted by Crippen LogP contribution is -2.16. The Labute approximate surface area is 164 Å². The Morgan fingerprint density at radius 1 is 0.630 bits per heavy atom. The van der Waals surface area contributed by atoms with Crippen molar-refractivity contribution >= 4 is 25.3 Å². The molecule has 0 aromatic heterocycles. The quantitative estimate of drug-likeness (QED) is 0.559. The highest BCUT2D eigenvalue weighted by Gasteiger charge is 2.19. The molecule has 0 atom stereocenters. The van der Waals surface area contributed by atoms with E-state index in [9.17, 15) is 0 Å². The van der Waals surface area contributed by atoms with Crippen LogP contribution in [0.3, 0.4) is 0 Å². The van der Waals surface area contributed by atoms with E-state index in [-0.39, 0.29) is 10.8 Å². The molecule has 0 unspecified atom stereocenters. The van der Waals surface area contributed by atoms with Crippen molar-refractivity contribution in [1.82, 2.24) is 0 Å². The Bertz CT molecular complexity index is 785. The number of hydrogen-bond acceptors (Lipinski definition) is 2. The third-order valence-electron chi connectivity index (χ3n) is 4.55. The van der Waals surface area contributed by atoms with Crippen molar-refractivity contribution < 1.29 is 10.0 Å². The summed E-state index contributed by atoms with van der Waals surface area (Å²) in [4.78, 5) is 0. The lowest BCUT2D eigenvalue weighted by Gasteiger charge is -2.25. The van der Waals surface area contributed by atoms with Gasteiger partial charge in [0.2, 0.25) is 0 Å². The van der Waals surface area contributed by atoms with Crippen LogP contribution in [0.5, 0.6) is 0 Å². The lowest BCUT2D eigenvalue weighted by molar-refractivity contribution is 0.424. The zero-order valence-electron chi connectivity index (χ0n) is 17.3. The molecule has 2 N–H and O–H groups in total. The molecular formula is C24H31BO2. The summed E-state index contributed by atoms with van der Waals surface area (Å²) in [6.07, 6.45) is 5.97. The monoisotopic (exact) mass is 362 g/mol. The first-order valence-electron chi connectivity index (χ1n) is 9.44. The molecule has 0 fully saturated rings. The predicted molar refractivity (Wildman–Crippen MR) is 118 cm³/mol. The van der Waals surface area contributed by atoms with Crippen LogP contribution in [0.2, 0.25) is 0 Å². The van der Waals surface area contributed by atoms with E-state index in [0.29, 0.717) is 0 Å². The number of rotatable bonds is 4. The van der Waals surface area contributed by atoms with Crippen LogP contribution in [-0.4, -0.2) is 17.2 Å². The van der Waals surface area contributed by atoms with Crippen molar-refractivity contribution in [3.63, 3.8) is 0 Å². The summed E-state index contributed by atoms with van der Waals surface area (Å²) in [6.45, 7) is 13.5. The first-order valence-corrected chi connectivity index (χ1v) is 9.44. The van der Waals surface area contributed by atoms with Gasteiger partial charge in [-0.3, -0.25) is 0 Å². The maximum Gasteiger partial charge on any atom is 0.480 e. The van der Waals surface area contributed by atoms with Gasteiger partial charge in [-0.1, -0.05) is 108 Å². The van der Waals surface area contributed by atoms with Crippen LogP contribution in [0.4, 0.5) is 0 Å². The van der Waals surface area contributed by atoms with Gasteiger partial charge in [-0.05, 0) is 38.6 Å². The SMILES string of the molecule is CC(C)(C)c1cc(/C=C/c2ccc(/C=C/B(O)O)cc2)cc(C(C)(C)C)c1. The Balaban J connectivity index is 2.30. The van der Waals surface area contributed by atoms with E-state index in [1.165, 1.54) is 22.7 Å². The fourth-order valence-electron chi connectivity index (χ4n) is 2.72. The molecule has 3 heteroatoms. The predicted octanol–water partition coefficient (Wildman–Crippen LogP) is 5.48. The summed E-state index contributed by atoms with van der Waals surface area (Å²) in [6, 6.07) is 14.8. The maximum atomic E-state index is 8.90. The van der Waals surface area contributed by atoms with Gasteiger partial charge in [0.25, 0.3) is 0 Å². The van der Waals surface area contributed by atoms with Crippen LogP contribution >= 0.6 is 0 Å². The van der Waals surface area contributed by atoms with Gasteiger partial charge < -0.3 is 10.0 Å². The van der Waals surface area contributed by atoms with E-state index >= 15 is 0 Å². The Kier molecular flexibility index (Phi) is 6.51. The molecule has 0 bridgehead atoms. The molecule has 0 amide bonds. The van der Waals surface area contributed by atoms with Crippen molar-refractivity contribution in [2.75, 3.05) is 0 Å². The van der Waals surface area contributed by atoms with Gasteiger partial charge in [-0.25, -0.2) is 0 Å². The molecule has 0 aliphatic heterocycles. The van der Waals surface area contributed by atoms with E-state index in [0.717, 1.165) is 11.1 Å². The molecule has 2 aromatic rings. The van der Waals surface area contributed by atoms with E-state index in [1.807, 2.05) is 24.3 Å². The van der Waals surface area contributed by atoms with Crippen molar-refractivity contribution in [1.29, 1.82) is 0 Å². The fraction of sp³-hybridized carbons (Fsp3) is 0.333. The molecule has 0 radical (unpaired) electrons. The fourth-order valence-corrected chi connectivity index (χ4v) is 2.72. The highest BCUT2D eigenvalue weighted by molar-refractivity contribution is 6.48. The van der Waals surface area contributed by atoms with Gasteiger partial charge in [-0.15, -0.1) is 0 Å². The largest absolute Gasteiger partial charge is 0.480 e.